The Morgan fingerprint density at radius 3 is 2.65 bits per heavy atom. The maximum absolute atomic E-state index is 11.6. The van der Waals surface area contributed by atoms with E-state index in [0.29, 0.717) is 0 Å². The minimum atomic E-state index is -0.832. The Balaban J connectivity index is 2.86. The lowest BCUT2D eigenvalue weighted by atomic mass is 10.2. The van der Waals surface area contributed by atoms with Crippen LogP contribution < -0.4 is 11.1 Å². The van der Waals surface area contributed by atoms with Crippen molar-refractivity contribution in [2.45, 2.75) is 13.0 Å². The van der Waals surface area contributed by atoms with Gasteiger partial charge in [0.2, 0.25) is 5.91 Å². The third kappa shape index (κ3) is 3.26. The largest absolute Gasteiger partial charge is 0.368 e. The molecule has 0 radical (unpaired) electrons. The van der Waals surface area contributed by atoms with E-state index in [9.17, 15) is 19.7 Å². The van der Waals surface area contributed by atoms with Gasteiger partial charge in [0.05, 0.1) is 4.92 Å². The first-order valence-electron chi connectivity index (χ1n) is 4.76. The summed E-state index contributed by atoms with van der Waals surface area (Å²) in [5.74, 6) is -1.26. The van der Waals surface area contributed by atoms with Crippen LogP contribution in [-0.4, -0.2) is 22.8 Å². The van der Waals surface area contributed by atoms with Gasteiger partial charge in [-0.1, -0.05) is 6.07 Å². The fourth-order valence-corrected chi connectivity index (χ4v) is 1.11. The quantitative estimate of drug-likeness (QED) is 0.574. The Morgan fingerprint density at radius 2 is 2.12 bits per heavy atom. The number of nitro benzene ring substituents is 1. The number of nitrogens with one attached hydrogen (secondary N) is 1. The molecule has 7 nitrogen and oxygen atoms in total. The number of non-ortho nitro benzene ring substituents is 1. The summed E-state index contributed by atoms with van der Waals surface area (Å²) < 4.78 is 0. The van der Waals surface area contributed by atoms with Crippen molar-refractivity contribution in [1.82, 2.24) is 5.32 Å². The molecule has 0 bridgehead atoms. The van der Waals surface area contributed by atoms with Crippen molar-refractivity contribution in [3.63, 3.8) is 0 Å². The van der Waals surface area contributed by atoms with Crippen molar-refractivity contribution in [3.05, 3.63) is 39.9 Å². The Hall–Kier alpha value is -2.44. The predicted molar refractivity (Wildman–Crippen MR) is 59.2 cm³/mol. The summed E-state index contributed by atoms with van der Waals surface area (Å²) in [6.07, 6.45) is 0. The molecule has 0 saturated carbocycles. The minimum absolute atomic E-state index is 0.104. The van der Waals surface area contributed by atoms with Crippen molar-refractivity contribution in [1.29, 1.82) is 0 Å². The Morgan fingerprint density at radius 1 is 1.47 bits per heavy atom. The normalized spacial score (nSPS) is 11.6. The van der Waals surface area contributed by atoms with E-state index in [-0.39, 0.29) is 11.3 Å². The molecule has 0 saturated heterocycles. The summed E-state index contributed by atoms with van der Waals surface area (Å²) in [4.78, 5) is 32.2. The zero-order chi connectivity index (χ0) is 13.0. The molecule has 7 heteroatoms. The lowest BCUT2D eigenvalue weighted by Gasteiger charge is -2.09. The van der Waals surface area contributed by atoms with E-state index in [1.807, 2.05) is 0 Å². The fourth-order valence-electron chi connectivity index (χ4n) is 1.11. The number of nitrogens with two attached hydrogens (primary N) is 1. The number of nitro groups is 1. The zero-order valence-corrected chi connectivity index (χ0v) is 9.04. The number of hydrogen-bond acceptors (Lipinski definition) is 4. The standard InChI is InChI=1S/C10H11N3O4/c1-6(9(11)14)12-10(15)7-3-2-4-8(5-7)13(16)17/h2-6H,1H3,(H2,11,14)(H,12,15)/t6-/m0/s1. The maximum atomic E-state index is 11.6. The van der Waals surface area contributed by atoms with Crippen LogP contribution in [0, 0.1) is 10.1 Å². The van der Waals surface area contributed by atoms with Crippen LogP contribution in [0.5, 0.6) is 0 Å². The van der Waals surface area contributed by atoms with Crippen LogP contribution >= 0.6 is 0 Å². The lowest BCUT2D eigenvalue weighted by molar-refractivity contribution is -0.384. The Labute approximate surface area is 96.8 Å². The van der Waals surface area contributed by atoms with E-state index in [2.05, 4.69) is 5.32 Å². The first-order valence-corrected chi connectivity index (χ1v) is 4.76. The molecule has 2 amide bonds. The monoisotopic (exact) mass is 237 g/mol. The average Bonchev–Trinajstić information content (AvgIpc) is 2.28. The van der Waals surface area contributed by atoms with E-state index in [0.717, 1.165) is 6.07 Å². The molecule has 1 rings (SSSR count). The van der Waals surface area contributed by atoms with E-state index >= 15 is 0 Å². The highest BCUT2D eigenvalue weighted by Crippen LogP contribution is 2.12. The van der Waals surface area contributed by atoms with Gasteiger partial charge in [-0.05, 0) is 13.0 Å². The number of nitrogens with zero attached hydrogens (tertiary/aromatic N) is 1. The SMILES string of the molecule is C[C@H](NC(=O)c1cccc([N+](=O)[O-])c1)C(N)=O. The molecule has 0 heterocycles. The molecule has 90 valence electrons. The van der Waals surface area contributed by atoms with Gasteiger partial charge >= 0.3 is 0 Å². The molecular weight excluding hydrogens is 226 g/mol. The Bertz CT molecular complexity index is 472. The number of rotatable bonds is 4. The molecule has 3 N–H and O–H groups in total. The molecule has 1 atom stereocenters. The Kier molecular flexibility index (Phi) is 3.76. The van der Waals surface area contributed by atoms with E-state index in [1.165, 1.54) is 25.1 Å². The van der Waals surface area contributed by atoms with Gasteiger partial charge in [-0.25, -0.2) is 0 Å². The molecule has 0 fully saturated rings. The van der Waals surface area contributed by atoms with Gasteiger partial charge in [-0.2, -0.15) is 0 Å². The van der Waals surface area contributed by atoms with Crippen molar-refractivity contribution < 1.29 is 14.5 Å². The topological polar surface area (TPSA) is 115 Å². The first kappa shape index (κ1) is 12.6. The number of benzene rings is 1. The van der Waals surface area contributed by atoms with Crippen LogP contribution in [-0.2, 0) is 4.79 Å². The van der Waals surface area contributed by atoms with Gasteiger partial charge in [-0.3, -0.25) is 19.7 Å². The highest BCUT2D eigenvalue weighted by Gasteiger charge is 2.15. The third-order valence-corrected chi connectivity index (χ3v) is 2.09. The number of carbonyl (C=O) groups is 2. The molecule has 1 aromatic carbocycles. The molecule has 0 aromatic heterocycles. The second-order valence-electron chi connectivity index (χ2n) is 3.40. The average molecular weight is 237 g/mol. The maximum Gasteiger partial charge on any atom is 0.270 e. The van der Waals surface area contributed by atoms with E-state index in [4.69, 9.17) is 5.73 Å². The molecule has 0 aliphatic rings. The van der Waals surface area contributed by atoms with E-state index < -0.39 is 22.8 Å². The van der Waals surface area contributed by atoms with Crippen molar-refractivity contribution in [3.8, 4) is 0 Å². The van der Waals surface area contributed by atoms with Crippen LogP contribution in [0.15, 0.2) is 24.3 Å². The van der Waals surface area contributed by atoms with Gasteiger partial charge in [0.25, 0.3) is 11.6 Å². The van der Waals surface area contributed by atoms with Gasteiger partial charge < -0.3 is 11.1 Å². The second kappa shape index (κ2) is 5.06. The summed E-state index contributed by atoms with van der Waals surface area (Å²) in [5.41, 5.74) is 4.89. The first-order chi connectivity index (χ1) is 7.91. The van der Waals surface area contributed by atoms with Gasteiger partial charge in [0.15, 0.2) is 0 Å². The summed E-state index contributed by atoms with van der Waals surface area (Å²) in [7, 11) is 0. The van der Waals surface area contributed by atoms with Crippen LogP contribution in [0.25, 0.3) is 0 Å². The molecule has 0 aliphatic carbocycles. The summed E-state index contributed by atoms with van der Waals surface area (Å²) in [6.45, 7) is 1.43. The molecule has 17 heavy (non-hydrogen) atoms. The van der Waals surface area contributed by atoms with Crippen molar-refractivity contribution >= 4 is 17.5 Å². The van der Waals surface area contributed by atoms with Crippen molar-refractivity contribution in [2.75, 3.05) is 0 Å². The molecule has 1 aromatic rings. The number of hydrogen-bond donors (Lipinski definition) is 2. The number of carbonyl (C=O) groups excluding carboxylic acids is 2. The third-order valence-electron chi connectivity index (χ3n) is 2.09. The van der Waals surface area contributed by atoms with Crippen LogP contribution in [0.3, 0.4) is 0 Å². The smallest absolute Gasteiger partial charge is 0.270 e. The van der Waals surface area contributed by atoms with Crippen LogP contribution in [0.4, 0.5) is 5.69 Å². The predicted octanol–water partition coefficient (Wildman–Crippen LogP) is 0.198. The fraction of sp³-hybridized carbons (Fsp3) is 0.200. The van der Waals surface area contributed by atoms with Gasteiger partial charge in [0, 0.05) is 17.7 Å². The highest BCUT2D eigenvalue weighted by molar-refractivity contribution is 5.97. The minimum Gasteiger partial charge on any atom is -0.368 e. The van der Waals surface area contributed by atoms with Crippen molar-refractivity contribution in [2.24, 2.45) is 5.73 Å². The summed E-state index contributed by atoms with van der Waals surface area (Å²) >= 11 is 0. The second-order valence-corrected chi connectivity index (χ2v) is 3.40. The van der Waals surface area contributed by atoms with Crippen LogP contribution in [0.1, 0.15) is 17.3 Å². The summed E-state index contributed by atoms with van der Waals surface area (Å²) in [5, 5.41) is 12.8. The van der Waals surface area contributed by atoms with Crippen LogP contribution in [0.2, 0.25) is 0 Å². The lowest BCUT2D eigenvalue weighted by Crippen LogP contribution is -2.42. The number of primary amides is 1. The number of amides is 2. The molecule has 0 unspecified atom stereocenters. The highest BCUT2D eigenvalue weighted by atomic mass is 16.6. The summed E-state index contributed by atoms with van der Waals surface area (Å²) in [6, 6.07) is 4.37. The molecule has 0 aliphatic heterocycles. The van der Waals surface area contributed by atoms with Gasteiger partial charge in [-0.15, -0.1) is 0 Å². The zero-order valence-electron chi connectivity index (χ0n) is 9.04. The molecule has 0 spiro atoms. The van der Waals surface area contributed by atoms with E-state index in [1.54, 1.807) is 0 Å². The van der Waals surface area contributed by atoms with Gasteiger partial charge in [0.1, 0.15) is 6.04 Å². The molecular formula is C10H11N3O4.